The zero-order valence-corrected chi connectivity index (χ0v) is 21.1. The largest absolute Gasteiger partial charge is 0.356 e. The monoisotopic (exact) mass is 549 g/mol. The van der Waals surface area contributed by atoms with Crippen molar-refractivity contribution in [1.29, 1.82) is 0 Å². The summed E-state index contributed by atoms with van der Waals surface area (Å²) in [7, 11) is 3.40. The quantitative estimate of drug-likeness (QED) is 0.237. The number of amides is 1. The third-order valence-electron chi connectivity index (χ3n) is 4.68. The third-order valence-corrected chi connectivity index (χ3v) is 5.88. The molecular weight excluding hydrogens is 521 g/mol. The van der Waals surface area contributed by atoms with E-state index in [1.54, 1.807) is 25.4 Å². The zero-order chi connectivity index (χ0) is 21.3. The number of nitrogens with one attached hydrogen (secondary N) is 3. The number of guanidine groups is 1. The van der Waals surface area contributed by atoms with Gasteiger partial charge in [0.15, 0.2) is 5.96 Å². The van der Waals surface area contributed by atoms with Gasteiger partial charge in [-0.1, -0.05) is 42.5 Å². The lowest BCUT2D eigenvalue weighted by atomic mass is 10.1. The Morgan fingerprint density at radius 2 is 1.87 bits per heavy atom. The Morgan fingerprint density at radius 3 is 2.58 bits per heavy atom. The van der Waals surface area contributed by atoms with Crippen LogP contribution >= 0.6 is 35.3 Å². The molecule has 0 fully saturated rings. The average Bonchev–Trinajstić information content (AvgIpc) is 3.16. The molecule has 1 amide bonds. The van der Waals surface area contributed by atoms with Crippen LogP contribution < -0.4 is 16.0 Å². The van der Waals surface area contributed by atoms with Crippen LogP contribution in [0.3, 0.4) is 0 Å². The topological polar surface area (TPSA) is 78.4 Å². The highest BCUT2D eigenvalue weighted by atomic mass is 127. The van der Waals surface area contributed by atoms with Gasteiger partial charge in [0.05, 0.1) is 12.2 Å². The van der Waals surface area contributed by atoms with Crippen molar-refractivity contribution in [1.82, 2.24) is 20.9 Å². The predicted molar refractivity (Wildman–Crippen MR) is 139 cm³/mol. The molecule has 3 rings (SSSR count). The zero-order valence-electron chi connectivity index (χ0n) is 17.9. The first-order valence-electron chi connectivity index (χ1n) is 9.88. The summed E-state index contributed by atoms with van der Waals surface area (Å²) in [5, 5.41) is 10.4. The molecule has 0 aliphatic rings. The maximum atomic E-state index is 11.8. The smallest absolute Gasteiger partial charge is 0.251 e. The van der Waals surface area contributed by atoms with E-state index < -0.39 is 0 Å². The van der Waals surface area contributed by atoms with Crippen LogP contribution in [0.4, 0.5) is 0 Å². The van der Waals surface area contributed by atoms with Gasteiger partial charge in [-0.25, -0.2) is 4.98 Å². The molecule has 1 aromatic heterocycles. The van der Waals surface area contributed by atoms with Gasteiger partial charge in [-0.15, -0.1) is 35.3 Å². The minimum atomic E-state index is -0.0721. The second kappa shape index (κ2) is 12.4. The molecule has 1 heterocycles. The number of nitrogens with zero attached hydrogens (tertiary/aromatic N) is 2. The van der Waals surface area contributed by atoms with Crippen LogP contribution in [0.15, 0.2) is 59.6 Å². The average molecular weight is 549 g/mol. The van der Waals surface area contributed by atoms with E-state index in [2.05, 4.69) is 33.1 Å². The SMILES string of the molecule is CN=C(NCCc1cccc(C(=O)NC)c1)NCc1sc(-c2ccccc2)nc1C.I. The minimum Gasteiger partial charge on any atom is -0.356 e. The molecule has 0 aliphatic carbocycles. The van der Waals surface area contributed by atoms with E-state index in [1.807, 2.05) is 49.4 Å². The lowest BCUT2D eigenvalue weighted by Crippen LogP contribution is -2.37. The molecule has 0 saturated heterocycles. The fraction of sp³-hybridized carbons (Fsp3) is 0.261. The summed E-state index contributed by atoms with van der Waals surface area (Å²) in [6, 6.07) is 17.9. The molecule has 0 unspecified atom stereocenters. The van der Waals surface area contributed by atoms with Crippen LogP contribution in [0.1, 0.15) is 26.5 Å². The number of aryl methyl sites for hydroxylation is 1. The normalized spacial score (nSPS) is 10.9. The summed E-state index contributed by atoms with van der Waals surface area (Å²) >= 11 is 1.70. The maximum absolute atomic E-state index is 11.8. The van der Waals surface area contributed by atoms with Gasteiger partial charge in [0.2, 0.25) is 0 Å². The van der Waals surface area contributed by atoms with Gasteiger partial charge in [0, 0.05) is 36.6 Å². The Labute approximate surface area is 204 Å². The van der Waals surface area contributed by atoms with Crippen LogP contribution in [0.2, 0.25) is 0 Å². The fourth-order valence-electron chi connectivity index (χ4n) is 3.02. The number of aliphatic imine (C=N–C) groups is 1. The van der Waals surface area contributed by atoms with E-state index >= 15 is 0 Å². The van der Waals surface area contributed by atoms with E-state index in [0.29, 0.717) is 18.7 Å². The highest BCUT2D eigenvalue weighted by Gasteiger charge is 2.10. The van der Waals surface area contributed by atoms with Gasteiger partial charge >= 0.3 is 0 Å². The number of carbonyl (C=O) groups is 1. The van der Waals surface area contributed by atoms with Crippen molar-refractivity contribution in [3.05, 3.63) is 76.3 Å². The minimum absolute atomic E-state index is 0. The maximum Gasteiger partial charge on any atom is 0.251 e. The molecule has 3 N–H and O–H groups in total. The Hall–Kier alpha value is -2.46. The molecule has 0 aliphatic heterocycles. The first-order chi connectivity index (χ1) is 14.6. The van der Waals surface area contributed by atoms with Crippen LogP contribution in [-0.2, 0) is 13.0 Å². The van der Waals surface area contributed by atoms with Crippen molar-refractivity contribution in [3.63, 3.8) is 0 Å². The number of thiazole rings is 1. The van der Waals surface area contributed by atoms with Crippen LogP contribution in [-0.4, -0.2) is 37.5 Å². The Morgan fingerprint density at radius 1 is 1.10 bits per heavy atom. The molecule has 0 saturated carbocycles. The molecule has 164 valence electrons. The van der Waals surface area contributed by atoms with E-state index in [4.69, 9.17) is 4.98 Å². The van der Waals surface area contributed by atoms with Gasteiger partial charge < -0.3 is 16.0 Å². The molecule has 31 heavy (non-hydrogen) atoms. The molecule has 0 bridgehead atoms. The number of rotatable bonds is 7. The molecule has 6 nitrogen and oxygen atoms in total. The van der Waals surface area contributed by atoms with Gasteiger partial charge in [0.1, 0.15) is 5.01 Å². The van der Waals surface area contributed by atoms with Crippen LogP contribution in [0, 0.1) is 6.92 Å². The summed E-state index contributed by atoms with van der Waals surface area (Å²) in [5.74, 6) is 0.670. The van der Waals surface area contributed by atoms with E-state index in [9.17, 15) is 4.79 Å². The number of benzene rings is 2. The molecule has 3 aromatic rings. The van der Waals surface area contributed by atoms with Crippen molar-refractivity contribution in [2.45, 2.75) is 19.9 Å². The summed E-state index contributed by atoms with van der Waals surface area (Å²) in [6.45, 7) is 3.42. The molecule has 0 spiro atoms. The van der Waals surface area contributed by atoms with Crippen molar-refractivity contribution in [2.75, 3.05) is 20.6 Å². The van der Waals surface area contributed by atoms with E-state index in [1.165, 1.54) is 4.88 Å². The van der Waals surface area contributed by atoms with Crippen molar-refractivity contribution in [3.8, 4) is 10.6 Å². The van der Waals surface area contributed by atoms with Gasteiger partial charge in [-0.3, -0.25) is 9.79 Å². The van der Waals surface area contributed by atoms with Gasteiger partial charge in [-0.05, 0) is 31.0 Å². The fourth-order valence-corrected chi connectivity index (χ4v) is 4.03. The highest BCUT2D eigenvalue weighted by Crippen LogP contribution is 2.27. The molecule has 8 heteroatoms. The molecular formula is C23H28IN5OS. The lowest BCUT2D eigenvalue weighted by molar-refractivity contribution is 0.0963. The second-order valence-corrected chi connectivity index (χ2v) is 7.86. The summed E-state index contributed by atoms with van der Waals surface area (Å²) in [6.07, 6.45) is 0.795. The molecule has 0 radical (unpaired) electrons. The van der Waals surface area contributed by atoms with Gasteiger partial charge in [-0.2, -0.15) is 0 Å². The first kappa shape index (κ1) is 24.8. The summed E-state index contributed by atoms with van der Waals surface area (Å²) in [4.78, 5) is 22.0. The Kier molecular flexibility index (Phi) is 9.93. The number of halogens is 1. The van der Waals surface area contributed by atoms with E-state index in [-0.39, 0.29) is 29.9 Å². The highest BCUT2D eigenvalue weighted by molar-refractivity contribution is 14.0. The lowest BCUT2D eigenvalue weighted by Gasteiger charge is -2.12. The van der Waals surface area contributed by atoms with Crippen molar-refractivity contribution < 1.29 is 4.79 Å². The number of hydrogen-bond donors (Lipinski definition) is 3. The van der Waals surface area contributed by atoms with Crippen molar-refractivity contribution >= 4 is 47.2 Å². The van der Waals surface area contributed by atoms with E-state index in [0.717, 1.165) is 34.2 Å². The van der Waals surface area contributed by atoms with Crippen LogP contribution in [0.5, 0.6) is 0 Å². The Balaban J connectivity index is 0.00000341. The standard InChI is InChI=1S/C23H27N5OS.HI/c1-16-20(30-22(28-16)18-9-5-4-6-10-18)15-27-23(25-3)26-13-12-17-8-7-11-19(14-17)21(29)24-2;/h4-11,14H,12-13,15H2,1-3H3,(H,24,29)(H2,25,26,27);1H. The first-order valence-corrected chi connectivity index (χ1v) is 10.7. The Bertz CT molecular complexity index is 1020. The number of carbonyl (C=O) groups excluding carboxylic acids is 1. The summed E-state index contributed by atoms with van der Waals surface area (Å²) in [5.41, 5.74) is 3.95. The summed E-state index contributed by atoms with van der Waals surface area (Å²) < 4.78 is 0. The molecule has 2 aromatic carbocycles. The number of hydrogen-bond acceptors (Lipinski definition) is 4. The third kappa shape index (κ3) is 7.03. The van der Waals surface area contributed by atoms with Crippen LogP contribution in [0.25, 0.3) is 10.6 Å². The van der Waals surface area contributed by atoms with Crippen molar-refractivity contribution in [2.24, 2.45) is 4.99 Å². The number of aromatic nitrogens is 1. The predicted octanol–water partition coefficient (Wildman–Crippen LogP) is 4.00. The van der Waals surface area contributed by atoms with Gasteiger partial charge in [0.25, 0.3) is 5.91 Å². The second-order valence-electron chi connectivity index (χ2n) is 6.78. The molecule has 0 atom stereocenters.